The molecule has 4 rings (SSSR count). The van der Waals surface area contributed by atoms with Gasteiger partial charge in [-0.15, -0.1) is 0 Å². The Kier molecular flexibility index (Phi) is 6.22. The van der Waals surface area contributed by atoms with Crippen molar-refractivity contribution in [3.8, 4) is 0 Å². The normalized spacial score (nSPS) is 17.6. The fourth-order valence-corrected chi connectivity index (χ4v) is 3.97. The molecule has 2 aromatic rings. The summed E-state index contributed by atoms with van der Waals surface area (Å²) < 4.78 is 24.8. The monoisotopic (exact) mass is 430 g/mol. The van der Waals surface area contributed by atoms with Gasteiger partial charge in [0.1, 0.15) is 11.6 Å². The summed E-state index contributed by atoms with van der Waals surface area (Å²) in [5.74, 6) is 0.643. The number of carbonyl (C=O) groups is 2. The van der Waals surface area contributed by atoms with Gasteiger partial charge >= 0.3 is 6.03 Å². The van der Waals surface area contributed by atoms with Crippen molar-refractivity contribution in [1.29, 1.82) is 0 Å². The lowest BCUT2D eigenvalue weighted by Gasteiger charge is -2.30. The number of halogens is 1. The van der Waals surface area contributed by atoms with Gasteiger partial charge in [-0.25, -0.2) is 14.2 Å². The number of morpholine rings is 1. The Morgan fingerprint density at radius 1 is 1.10 bits per heavy atom. The molecule has 2 aliphatic heterocycles. The number of aryl methyl sites for hydroxylation is 1. The van der Waals surface area contributed by atoms with Crippen molar-refractivity contribution >= 4 is 17.6 Å². The zero-order chi connectivity index (χ0) is 22.0. The first-order valence-corrected chi connectivity index (χ1v) is 10.6. The highest BCUT2D eigenvalue weighted by molar-refractivity contribution is 5.93. The molecule has 2 saturated heterocycles. The summed E-state index contributed by atoms with van der Waals surface area (Å²) >= 11 is 0. The minimum atomic E-state index is -0.349. The number of nitrogens with one attached hydrogen (secondary N) is 1. The standard InChI is InChI=1S/C22H27FN4O4/c1-14-17(23)4-3-5-18(14)24-22(29)27-8-6-16(7-9-27)20-25-19(15(2)31-20)21(28)26-10-12-30-13-11-26/h3-5,16H,6-13H2,1-2H3,(H,24,29). The van der Waals surface area contributed by atoms with Gasteiger partial charge in [0.25, 0.3) is 5.91 Å². The van der Waals surface area contributed by atoms with E-state index in [2.05, 4.69) is 10.3 Å². The van der Waals surface area contributed by atoms with Gasteiger partial charge in [0.05, 0.1) is 13.2 Å². The topological polar surface area (TPSA) is 87.9 Å². The van der Waals surface area contributed by atoms with Gasteiger partial charge in [-0.3, -0.25) is 4.79 Å². The minimum Gasteiger partial charge on any atom is -0.445 e. The van der Waals surface area contributed by atoms with Crippen molar-refractivity contribution in [3.05, 3.63) is 46.9 Å². The summed E-state index contributed by atoms with van der Waals surface area (Å²) in [4.78, 5) is 33.3. The summed E-state index contributed by atoms with van der Waals surface area (Å²) in [5, 5.41) is 2.79. The van der Waals surface area contributed by atoms with Gasteiger partial charge in [0, 0.05) is 43.3 Å². The molecule has 31 heavy (non-hydrogen) atoms. The van der Waals surface area contributed by atoms with E-state index < -0.39 is 0 Å². The number of ether oxygens (including phenoxy) is 1. The number of carbonyl (C=O) groups excluding carboxylic acids is 2. The Bertz CT molecular complexity index is 962. The largest absolute Gasteiger partial charge is 0.445 e. The van der Waals surface area contributed by atoms with Crippen LogP contribution in [0.5, 0.6) is 0 Å². The Balaban J connectivity index is 1.36. The fraction of sp³-hybridized carbons (Fsp3) is 0.500. The van der Waals surface area contributed by atoms with E-state index in [1.807, 2.05) is 0 Å². The van der Waals surface area contributed by atoms with Crippen LogP contribution in [0.25, 0.3) is 0 Å². The van der Waals surface area contributed by atoms with E-state index in [0.717, 1.165) is 0 Å². The van der Waals surface area contributed by atoms with Crippen molar-refractivity contribution in [3.63, 3.8) is 0 Å². The third-order valence-electron chi connectivity index (χ3n) is 5.95. The summed E-state index contributed by atoms with van der Waals surface area (Å²) in [5.41, 5.74) is 1.25. The maximum Gasteiger partial charge on any atom is 0.321 e. The van der Waals surface area contributed by atoms with Crippen LogP contribution in [0.3, 0.4) is 0 Å². The highest BCUT2D eigenvalue weighted by atomic mass is 19.1. The van der Waals surface area contributed by atoms with Crippen LogP contribution in [0.4, 0.5) is 14.9 Å². The van der Waals surface area contributed by atoms with Crippen LogP contribution in [-0.4, -0.2) is 66.1 Å². The summed E-state index contributed by atoms with van der Waals surface area (Å²) in [6, 6.07) is 4.38. The third kappa shape index (κ3) is 4.56. The highest BCUT2D eigenvalue weighted by Crippen LogP contribution is 2.30. The smallest absolute Gasteiger partial charge is 0.321 e. The Morgan fingerprint density at radius 2 is 1.81 bits per heavy atom. The molecule has 166 valence electrons. The van der Waals surface area contributed by atoms with Crippen molar-refractivity contribution in [2.24, 2.45) is 0 Å². The first-order chi connectivity index (χ1) is 14.9. The van der Waals surface area contributed by atoms with E-state index in [0.29, 0.717) is 80.8 Å². The molecule has 0 unspecified atom stereocenters. The predicted molar refractivity (Wildman–Crippen MR) is 112 cm³/mol. The fourth-order valence-electron chi connectivity index (χ4n) is 3.97. The van der Waals surface area contributed by atoms with Gasteiger partial charge in [0.15, 0.2) is 11.6 Å². The highest BCUT2D eigenvalue weighted by Gasteiger charge is 2.30. The molecule has 0 aliphatic carbocycles. The predicted octanol–water partition coefficient (Wildman–Crippen LogP) is 3.31. The Labute approximate surface area is 180 Å². The molecule has 3 heterocycles. The van der Waals surface area contributed by atoms with E-state index in [-0.39, 0.29) is 23.7 Å². The number of likely N-dealkylation sites (tertiary alicyclic amines) is 1. The van der Waals surface area contributed by atoms with E-state index in [1.165, 1.54) is 6.07 Å². The molecular formula is C22H27FN4O4. The van der Waals surface area contributed by atoms with Crippen molar-refractivity contribution in [2.45, 2.75) is 32.6 Å². The molecule has 9 heteroatoms. The molecule has 0 spiro atoms. The molecule has 1 aromatic heterocycles. The third-order valence-corrected chi connectivity index (χ3v) is 5.95. The molecule has 2 aliphatic rings. The number of anilines is 1. The van der Waals surface area contributed by atoms with E-state index >= 15 is 0 Å². The summed E-state index contributed by atoms with van der Waals surface area (Å²) in [6.07, 6.45) is 1.36. The number of rotatable bonds is 3. The average molecular weight is 430 g/mol. The molecule has 1 N–H and O–H groups in total. The van der Waals surface area contributed by atoms with Crippen LogP contribution in [0.15, 0.2) is 22.6 Å². The number of amides is 3. The first kappa shape index (κ1) is 21.3. The van der Waals surface area contributed by atoms with Crippen LogP contribution in [0, 0.1) is 19.7 Å². The van der Waals surface area contributed by atoms with E-state index in [1.54, 1.807) is 35.8 Å². The number of hydrogen-bond acceptors (Lipinski definition) is 5. The van der Waals surface area contributed by atoms with Gasteiger partial charge in [-0.2, -0.15) is 0 Å². The van der Waals surface area contributed by atoms with Crippen molar-refractivity contribution in [2.75, 3.05) is 44.7 Å². The van der Waals surface area contributed by atoms with Crippen LogP contribution >= 0.6 is 0 Å². The van der Waals surface area contributed by atoms with Crippen LogP contribution < -0.4 is 5.32 Å². The van der Waals surface area contributed by atoms with E-state index in [4.69, 9.17) is 9.15 Å². The molecular weight excluding hydrogens is 403 g/mol. The molecule has 2 fully saturated rings. The maximum absolute atomic E-state index is 13.7. The number of aromatic nitrogens is 1. The van der Waals surface area contributed by atoms with Crippen molar-refractivity contribution < 1.29 is 23.1 Å². The molecule has 0 saturated carbocycles. The molecule has 0 bridgehead atoms. The quantitative estimate of drug-likeness (QED) is 0.807. The number of benzene rings is 1. The second kappa shape index (κ2) is 9.05. The number of piperidine rings is 1. The summed E-state index contributed by atoms with van der Waals surface area (Å²) in [7, 11) is 0. The van der Waals surface area contributed by atoms with Crippen LogP contribution in [0.1, 0.15) is 46.5 Å². The van der Waals surface area contributed by atoms with Gasteiger partial charge in [-0.05, 0) is 38.8 Å². The number of oxazole rings is 1. The molecule has 0 atom stereocenters. The van der Waals surface area contributed by atoms with Gasteiger partial charge in [-0.1, -0.05) is 6.07 Å². The maximum atomic E-state index is 13.7. The SMILES string of the molecule is Cc1oc(C2CCN(C(=O)Nc3cccc(F)c3C)CC2)nc1C(=O)N1CCOCC1. The second-order valence-electron chi connectivity index (χ2n) is 7.97. The lowest BCUT2D eigenvalue weighted by atomic mass is 9.97. The van der Waals surface area contributed by atoms with E-state index in [9.17, 15) is 14.0 Å². The van der Waals surface area contributed by atoms with Gasteiger partial charge < -0.3 is 24.3 Å². The molecule has 1 aromatic carbocycles. The summed E-state index contributed by atoms with van der Waals surface area (Å²) in [6.45, 7) is 6.62. The Hall–Kier alpha value is -2.94. The molecule has 0 radical (unpaired) electrons. The number of urea groups is 1. The first-order valence-electron chi connectivity index (χ1n) is 10.6. The molecule has 8 nitrogen and oxygen atoms in total. The number of hydrogen-bond donors (Lipinski definition) is 1. The zero-order valence-electron chi connectivity index (χ0n) is 17.8. The average Bonchev–Trinajstić information content (AvgIpc) is 3.18. The lowest BCUT2D eigenvalue weighted by Crippen LogP contribution is -2.41. The van der Waals surface area contributed by atoms with Crippen molar-refractivity contribution in [1.82, 2.24) is 14.8 Å². The van der Waals surface area contributed by atoms with Crippen LogP contribution in [0.2, 0.25) is 0 Å². The van der Waals surface area contributed by atoms with Gasteiger partial charge in [0.2, 0.25) is 0 Å². The second-order valence-corrected chi connectivity index (χ2v) is 7.97. The van der Waals surface area contributed by atoms with Crippen LogP contribution in [-0.2, 0) is 4.74 Å². The lowest BCUT2D eigenvalue weighted by molar-refractivity contribution is 0.0298. The Morgan fingerprint density at radius 3 is 2.52 bits per heavy atom. The zero-order valence-corrected chi connectivity index (χ0v) is 17.8. The minimum absolute atomic E-state index is 0.0462. The number of nitrogens with zero attached hydrogens (tertiary/aromatic N) is 3. The molecule has 3 amide bonds.